The minimum absolute atomic E-state index is 0.116. The van der Waals surface area contributed by atoms with Gasteiger partial charge in [0, 0.05) is 18.2 Å². The van der Waals surface area contributed by atoms with Crippen molar-refractivity contribution in [1.29, 1.82) is 0 Å². The molecule has 0 spiro atoms. The summed E-state index contributed by atoms with van der Waals surface area (Å²) in [4.78, 5) is 12.2. The van der Waals surface area contributed by atoms with Crippen molar-refractivity contribution < 1.29 is 23.9 Å². The Bertz CT molecular complexity index is 936. The zero-order chi connectivity index (χ0) is 19.2. The standard InChI is InChI=1S/C20H20N2O5/c1-25-17-7-6-13(10-19(17)26-2)8-9-21-20(24)16-12-18(27-22-16)14-4-3-5-15(23)11-14/h3-7,10-12,23H,8-9H2,1-2H3,(H,21,24). The van der Waals surface area contributed by atoms with E-state index < -0.39 is 0 Å². The molecule has 3 rings (SSSR count). The van der Waals surface area contributed by atoms with Crippen molar-refractivity contribution in [2.45, 2.75) is 6.42 Å². The number of rotatable bonds is 7. The molecule has 0 atom stereocenters. The Morgan fingerprint density at radius 3 is 2.67 bits per heavy atom. The Labute approximate surface area is 156 Å². The Hall–Kier alpha value is -3.48. The first-order chi connectivity index (χ1) is 13.1. The Kier molecular flexibility index (Phi) is 5.61. The monoisotopic (exact) mass is 368 g/mol. The second-order valence-electron chi connectivity index (χ2n) is 5.82. The largest absolute Gasteiger partial charge is 0.508 e. The van der Waals surface area contributed by atoms with E-state index in [9.17, 15) is 9.90 Å². The molecule has 2 aromatic carbocycles. The van der Waals surface area contributed by atoms with Gasteiger partial charge in [0.15, 0.2) is 23.0 Å². The van der Waals surface area contributed by atoms with Crippen molar-refractivity contribution in [3.63, 3.8) is 0 Å². The average Bonchev–Trinajstić information content (AvgIpc) is 3.18. The molecule has 0 aliphatic rings. The lowest BCUT2D eigenvalue weighted by Crippen LogP contribution is -2.25. The van der Waals surface area contributed by atoms with E-state index in [1.807, 2.05) is 18.2 Å². The highest BCUT2D eigenvalue weighted by atomic mass is 16.5. The number of methoxy groups -OCH3 is 2. The third-order valence-corrected chi connectivity index (χ3v) is 4.02. The number of aromatic hydroxyl groups is 1. The van der Waals surface area contributed by atoms with Crippen LogP contribution in [0.3, 0.4) is 0 Å². The van der Waals surface area contributed by atoms with Gasteiger partial charge in [0.2, 0.25) is 0 Å². The number of nitrogens with one attached hydrogen (secondary N) is 1. The summed E-state index contributed by atoms with van der Waals surface area (Å²) in [6.45, 7) is 0.433. The first kappa shape index (κ1) is 18.3. The van der Waals surface area contributed by atoms with Gasteiger partial charge in [0.05, 0.1) is 14.2 Å². The summed E-state index contributed by atoms with van der Waals surface area (Å²) in [5.41, 5.74) is 1.83. The van der Waals surface area contributed by atoms with Crippen LogP contribution in [0.4, 0.5) is 0 Å². The molecule has 0 saturated heterocycles. The molecule has 0 aliphatic carbocycles. The number of amides is 1. The van der Waals surface area contributed by atoms with Crippen LogP contribution in [0.25, 0.3) is 11.3 Å². The van der Waals surface area contributed by atoms with E-state index >= 15 is 0 Å². The number of hydrogen-bond donors (Lipinski definition) is 2. The van der Waals surface area contributed by atoms with Crippen LogP contribution in [0.2, 0.25) is 0 Å². The maximum atomic E-state index is 12.2. The molecule has 7 heteroatoms. The van der Waals surface area contributed by atoms with E-state index in [4.69, 9.17) is 14.0 Å². The zero-order valence-electron chi connectivity index (χ0n) is 15.1. The molecular formula is C20H20N2O5. The minimum Gasteiger partial charge on any atom is -0.508 e. The fraction of sp³-hybridized carbons (Fsp3) is 0.200. The molecule has 2 N–H and O–H groups in total. The van der Waals surface area contributed by atoms with Gasteiger partial charge in [-0.05, 0) is 36.2 Å². The Morgan fingerprint density at radius 2 is 1.93 bits per heavy atom. The number of ether oxygens (including phenoxy) is 2. The summed E-state index contributed by atoms with van der Waals surface area (Å²) in [7, 11) is 3.17. The molecule has 0 unspecified atom stereocenters. The number of hydrogen-bond acceptors (Lipinski definition) is 6. The third-order valence-electron chi connectivity index (χ3n) is 4.02. The van der Waals surface area contributed by atoms with Crippen LogP contribution in [0.5, 0.6) is 17.2 Å². The highest BCUT2D eigenvalue weighted by Crippen LogP contribution is 2.27. The van der Waals surface area contributed by atoms with Gasteiger partial charge in [0.25, 0.3) is 5.91 Å². The van der Waals surface area contributed by atoms with Gasteiger partial charge in [-0.1, -0.05) is 23.4 Å². The molecule has 1 heterocycles. The lowest BCUT2D eigenvalue weighted by Gasteiger charge is -2.09. The normalized spacial score (nSPS) is 10.4. The quantitative estimate of drug-likeness (QED) is 0.666. The average molecular weight is 368 g/mol. The number of carbonyl (C=O) groups is 1. The van der Waals surface area contributed by atoms with E-state index in [0.717, 1.165) is 5.56 Å². The predicted molar refractivity (Wildman–Crippen MR) is 99.2 cm³/mol. The summed E-state index contributed by atoms with van der Waals surface area (Å²) in [5, 5.41) is 16.1. The van der Waals surface area contributed by atoms with E-state index in [-0.39, 0.29) is 17.4 Å². The second kappa shape index (κ2) is 8.27. The van der Waals surface area contributed by atoms with Gasteiger partial charge < -0.3 is 24.4 Å². The molecular weight excluding hydrogens is 348 g/mol. The van der Waals surface area contributed by atoms with Gasteiger partial charge in [-0.3, -0.25) is 4.79 Å². The topological polar surface area (TPSA) is 93.8 Å². The SMILES string of the molecule is COc1ccc(CCNC(=O)c2cc(-c3cccc(O)c3)on2)cc1OC. The molecule has 1 amide bonds. The van der Waals surface area contributed by atoms with Gasteiger partial charge in [-0.25, -0.2) is 0 Å². The molecule has 0 saturated carbocycles. The van der Waals surface area contributed by atoms with Crippen molar-refractivity contribution in [3.8, 4) is 28.6 Å². The van der Waals surface area contributed by atoms with Crippen LogP contribution >= 0.6 is 0 Å². The second-order valence-corrected chi connectivity index (χ2v) is 5.82. The zero-order valence-corrected chi connectivity index (χ0v) is 15.1. The van der Waals surface area contributed by atoms with E-state index in [1.54, 1.807) is 44.6 Å². The fourth-order valence-electron chi connectivity index (χ4n) is 2.62. The molecule has 0 radical (unpaired) electrons. The van der Waals surface area contributed by atoms with Crippen LogP contribution < -0.4 is 14.8 Å². The van der Waals surface area contributed by atoms with Crippen molar-refractivity contribution in [1.82, 2.24) is 10.5 Å². The van der Waals surface area contributed by atoms with Gasteiger partial charge in [-0.2, -0.15) is 0 Å². The van der Waals surface area contributed by atoms with E-state index in [1.165, 1.54) is 0 Å². The molecule has 1 aromatic heterocycles. The van der Waals surface area contributed by atoms with Crippen LogP contribution in [0.1, 0.15) is 16.1 Å². The molecule has 27 heavy (non-hydrogen) atoms. The predicted octanol–water partition coefficient (Wildman–Crippen LogP) is 3.04. The smallest absolute Gasteiger partial charge is 0.273 e. The minimum atomic E-state index is -0.328. The summed E-state index contributed by atoms with van der Waals surface area (Å²) in [5.74, 6) is 1.51. The lowest BCUT2D eigenvalue weighted by atomic mass is 10.1. The van der Waals surface area contributed by atoms with Crippen molar-refractivity contribution in [3.05, 3.63) is 59.8 Å². The van der Waals surface area contributed by atoms with Gasteiger partial charge >= 0.3 is 0 Å². The number of benzene rings is 2. The van der Waals surface area contributed by atoms with E-state index in [0.29, 0.717) is 35.8 Å². The van der Waals surface area contributed by atoms with Crippen molar-refractivity contribution >= 4 is 5.91 Å². The highest BCUT2D eigenvalue weighted by molar-refractivity contribution is 5.93. The summed E-state index contributed by atoms with van der Waals surface area (Å²) >= 11 is 0. The molecule has 140 valence electrons. The van der Waals surface area contributed by atoms with Crippen LogP contribution in [0.15, 0.2) is 53.1 Å². The van der Waals surface area contributed by atoms with Crippen molar-refractivity contribution in [2.75, 3.05) is 20.8 Å². The molecule has 0 aliphatic heterocycles. The molecule has 0 bridgehead atoms. The van der Waals surface area contributed by atoms with Crippen LogP contribution in [0, 0.1) is 0 Å². The maximum Gasteiger partial charge on any atom is 0.273 e. The summed E-state index contributed by atoms with van der Waals surface area (Å²) in [6, 6.07) is 13.7. The number of phenolic OH excluding ortho intramolecular Hbond substituents is 1. The van der Waals surface area contributed by atoms with Crippen LogP contribution in [-0.4, -0.2) is 36.9 Å². The Morgan fingerprint density at radius 1 is 1.11 bits per heavy atom. The number of nitrogens with zero attached hydrogens (tertiary/aromatic N) is 1. The van der Waals surface area contributed by atoms with E-state index in [2.05, 4.69) is 10.5 Å². The molecule has 0 fully saturated rings. The van der Waals surface area contributed by atoms with Gasteiger partial charge in [0.1, 0.15) is 5.75 Å². The third kappa shape index (κ3) is 4.38. The summed E-state index contributed by atoms with van der Waals surface area (Å²) in [6.07, 6.45) is 0.628. The fourth-order valence-corrected chi connectivity index (χ4v) is 2.62. The molecule has 7 nitrogen and oxygen atoms in total. The first-order valence-electron chi connectivity index (χ1n) is 8.36. The van der Waals surface area contributed by atoms with Gasteiger partial charge in [-0.15, -0.1) is 0 Å². The highest BCUT2D eigenvalue weighted by Gasteiger charge is 2.14. The maximum absolute atomic E-state index is 12.2. The first-order valence-corrected chi connectivity index (χ1v) is 8.36. The summed E-state index contributed by atoms with van der Waals surface area (Å²) < 4.78 is 15.7. The Balaban J connectivity index is 1.59. The number of phenols is 1. The number of carbonyl (C=O) groups excluding carboxylic acids is 1. The lowest BCUT2D eigenvalue weighted by molar-refractivity contribution is 0.0945. The molecule has 3 aromatic rings. The van der Waals surface area contributed by atoms with Crippen molar-refractivity contribution in [2.24, 2.45) is 0 Å². The van der Waals surface area contributed by atoms with Crippen LogP contribution in [-0.2, 0) is 6.42 Å². The number of aromatic nitrogens is 1.